The van der Waals surface area contributed by atoms with Crippen molar-refractivity contribution in [3.63, 3.8) is 0 Å². The average Bonchev–Trinajstić information content (AvgIpc) is 2.35. The van der Waals surface area contributed by atoms with Crippen LogP contribution in [-0.2, 0) is 0 Å². The van der Waals surface area contributed by atoms with Crippen molar-refractivity contribution in [1.82, 2.24) is 10.3 Å². The molecule has 1 heterocycles. The summed E-state index contributed by atoms with van der Waals surface area (Å²) in [6.07, 6.45) is 6.96. The molecular weight excluding hydrogens is 232 g/mol. The van der Waals surface area contributed by atoms with Crippen LogP contribution in [-0.4, -0.2) is 30.1 Å². The van der Waals surface area contributed by atoms with E-state index >= 15 is 0 Å². The minimum absolute atomic E-state index is 0.359. The molecule has 1 rings (SSSR count). The Kier molecular flexibility index (Phi) is 7.05. The Morgan fingerprint density at radius 2 is 2.24 bits per heavy atom. The molecule has 4 heteroatoms. The van der Waals surface area contributed by atoms with E-state index in [4.69, 9.17) is 4.74 Å². The molecule has 0 bridgehead atoms. The lowest BCUT2D eigenvalue weighted by atomic mass is 10.1. The fourth-order valence-electron chi connectivity index (χ4n) is 1.63. The van der Waals surface area contributed by atoms with Crippen LogP contribution in [0.15, 0.2) is 18.5 Å². The summed E-state index contributed by atoms with van der Waals surface area (Å²) in [6, 6.07) is 2.44. The summed E-state index contributed by atoms with van der Waals surface area (Å²) >= 11 is 1.84. The van der Waals surface area contributed by atoms with Crippen molar-refractivity contribution in [3.05, 3.63) is 24.0 Å². The third-order valence-electron chi connectivity index (χ3n) is 2.42. The summed E-state index contributed by atoms with van der Waals surface area (Å²) in [5.74, 6) is 1.91. The van der Waals surface area contributed by atoms with E-state index in [2.05, 4.69) is 29.5 Å². The number of rotatable bonds is 8. The van der Waals surface area contributed by atoms with Crippen LogP contribution in [0, 0.1) is 0 Å². The van der Waals surface area contributed by atoms with Crippen molar-refractivity contribution in [3.8, 4) is 5.75 Å². The van der Waals surface area contributed by atoms with Crippen LogP contribution in [0.25, 0.3) is 0 Å². The molecular formula is C13H22N2OS. The first-order valence-corrected chi connectivity index (χ1v) is 7.51. The maximum atomic E-state index is 5.48. The molecule has 0 fully saturated rings. The molecule has 3 nitrogen and oxygen atoms in total. The summed E-state index contributed by atoms with van der Waals surface area (Å²) in [5.41, 5.74) is 1.21. The van der Waals surface area contributed by atoms with Gasteiger partial charge in [0.15, 0.2) is 0 Å². The summed E-state index contributed by atoms with van der Waals surface area (Å²) in [7, 11) is 0. The maximum Gasteiger partial charge on any atom is 0.137 e. The Balaban J connectivity index is 2.73. The molecule has 0 aliphatic rings. The quantitative estimate of drug-likeness (QED) is 0.773. The molecule has 0 amide bonds. The third-order valence-corrected chi connectivity index (χ3v) is 3.09. The molecule has 1 aromatic heterocycles. The summed E-state index contributed by atoms with van der Waals surface area (Å²) < 4.78 is 5.48. The minimum Gasteiger partial charge on any atom is -0.492 e. The van der Waals surface area contributed by atoms with Crippen molar-refractivity contribution in [2.24, 2.45) is 0 Å². The van der Waals surface area contributed by atoms with Gasteiger partial charge in [0, 0.05) is 18.0 Å². The molecule has 0 aliphatic heterocycles. The van der Waals surface area contributed by atoms with Gasteiger partial charge in [0.2, 0.25) is 0 Å². The zero-order valence-electron chi connectivity index (χ0n) is 10.9. The van der Waals surface area contributed by atoms with Gasteiger partial charge in [-0.2, -0.15) is 11.8 Å². The van der Waals surface area contributed by atoms with Crippen LogP contribution in [0.1, 0.15) is 31.9 Å². The van der Waals surface area contributed by atoms with Crippen LogP contribution >= 0.6 is 11.8 Å². The first-order chi connectivity index (χ1) is 8.31. The van der Waals surface area contributed by atoms with Gasteiger partial charge in [-0.05, 0) is 37.8 Å². The smallest absolute Gasteiger partial charge is 0.137 e. The summed E-state index contributed by atoms with van der Waals surface area (Å²) in [4.78, 5) is 4.24. The number of hydrogen-bond acceptors (Lipinski definition) is 4. The van der Waals surface area contributed by atoms with E-state index in [1.54, 1.807) is 6.20 Å². The highest BCUT2D eigenvalue weighted by Crippen LogP contribution is 2.20. The molecule has 1 atom stereocenters. The monoisotopic (exact) mass is 254 g/mol. The lowest BCUT2D eigenvalue weighted by molar-refractivity contribution is 0.338. The van der Waals surface area contributed by atoms with E-state index in [-0.39, 0.29) is 0 Å². The molecule has 96 valence electrons. The number of nitrogens with one attached hydrogen (secondary N) is 1. The number of aromatic nitrogens is 1. The van der Waals surface area contributed by atoms with Crippen LogP contribution in [0.2, 0.25) is 0 Å². The average molecular weight is 254 g/mol. The molecule has 1 unspecified atom stereocenters. The Bertz CT molecular complexity index is 320. The predicted molar refractivity (Wildman–Crippen MR) is 74.8 cm³/mol. The Morgan fingerprint density at radius 3 is 2.88 bits per heavy atom. The zero-order valence-corrected chi connectivity index (χ0v) is 11.7. The number of thioether (sulfide) groups is 1. The third kappa shape index (κ3) is 4.96. The van der Waals surface area contributed by atoms with Crippen LogP contribution in [0.4, 0.5) is 0 Å². The first-order valence-electron chi connectivity index (χ1n) is 6.11. The molecule has 0 spiro atoms. The second kappa shape index (κ2) is 8.37. The van der Waals surface area contributed by atoms with Gasteiger partial charge in [0.25, 0.3) is 0 Å². The van der Waals surface area contributed by atoms with Crippen molar-refractivity contribution >= 4 is 11.8 Å². The molecule has 1 aromatic rings. The fraction of sp³-hybridized carbons (Fsp3) is 0.615. The van der Waals surface area contributed by atoms with Crippen molar-refractivity contribution in [1.29, 1.82) is 0 Å². The van der Waals surface area contributed by atoms with Gasteiger partial charge in [-0.15, -0.1) is 0 Å². The van der Waals surface area contributed by atoms with Crippen LogP contribution in [0.5, 0.6) is 5.75 Å². The van der Waals surface area contributed by atoms with E-state index in [9.17, 15) is 0 Å². The second-order valence-corrected chi connectivity index (χ2v) is 4.76. The van der Waals surface area contributed by atoms with E-state index in [1.165, 1.54) is 5.56 Å². The van der Waals surface area contributed by atoms with Crippen molar-refractivity contribution in [2.75, 3.05) is 25.2 Å². The molecule has 1 N–H and O–H groups in total. The highest BCUT2D eigenvalue weighted by atomic mass is 32.2. The van der Waals surface area contributed by atoms with E-state index in [1.807, 2.05) is 24.9 Å². The van der Waals surface area contributed by atoms with Gasteiger partial charge >= 0.3 is 0 Å². The fourth-order valence-corrected chi connectivity index (χ4v) is 2.27. The zero-order chi connectivity index (χ0) is 12.5. The highest BCUT2D eigenvalue weighted by Gasteiger charge is 2.11. The summed E-state index contributed by atoms with van der Waals surface area (Å²) in [5, 5.41) is 3.54. The normalized spacial score (nSPS) is 12.4. The SMILES string of the molecule is CCCNC(CSC)c1cncc(OCC)c1. The lowest BCUT2D eigenvalue weighted by Crippen LogP contribution is -2.24. The number of ether oxygens (including phenoxy) is 1. The Labute approximate surface area is 108 Å². The lowest BCUT2D eigenvalue weighted by Gasteiger charge is -2.18. The predicted octanol–water partition coefficient (Wildman–Crippen LogP) is 2.88. The molecule has 0 saturated carbocycles. The standard InChI is InChI=1S/C13H22N2OS/c1-4-6-15-13(10-17-3)11-7-12(16-5-2)9-14-8-11/h7-9,13,15H,4-6,10H2,1-3H3. The first kappa shape index (κ1) is 14.3. The molecule has 0 aromatic carbocycles. The maximum absolute atomic E-state index is 5.48. The topological polar surface area (TPSA) is 34.2 Å². The number of pyridine rings is 1. The largest absolute Gasteiger partial charge is 0.492 e. The number of nitrogens with zero attached hydrogens (tertiary/aromatic N) is 1. The molecule has 0 aliphatic carbocycles. The second-order valence-electron chi connectivity index (χ2n) is 3.85. The Morgan fingerprint density at radius 1 is 1.41 bits per heavy atom. The van der Waals surface area contributed by atoms with Gasteiger partial charge < -0.3 is 10.1 Å². The van der Waals surface area contributed by atoms with Crippen molar-refractivity contribution < 1.29 is 4.74 Å². The van der Waals surface area contributed by atoms with E-state index < -0.39 is 0 Å². The Hall–Kier alpha value is -0.740. The van der Waals surface area contributed by atoms with Gasteiger partial charge in [0.1, 0.15) is 5.75 Å². The van der Waals surface area contributed by atoms with Gasteiger partial charge in [-0.25, -0.2) is 0 Å². The minimum atomic E-state index is 0.359. The van der Waals surface area contributed by atoms with E-state index in [0.29, 0.717) is 12.6 Å². The van der Waals surface area contributed by atoms with Gasteiger partial charge in [-0.1, -0.05) is 6.92 Å². The van der Waals surface area contributed by atoms with Crippen LogP contribution < -0.4 is 10.1 Å². The van der Waals surface area contributed by atoms with E-state index in [0.717, 1.165) is 24.5 Å². The molecule has 17 heavy (non-hydrogen) atoms. The summed E-state index contributed by atoms with van der Waals surface area (Å²) in [6.45, 7) is 5.88. The van der Waals surface area contributed by atoms with Crippen LogP contribution in [0.3, 0.4) is 0 Å². The van der Waals surface area contributed by atoms with Gasteiger partial charge in [-0.3, -0.25) is 4.98 Å². The number of hydrogen-bond donors (Lipinski definition) is 1. The molecule has 0 saturated heterocycles. The highest BCUT2D eigenvalue weighted by molar-refractivity contribution is 7.98. The van der Waals surface area contributed by atoms with Crippen molar-refractivity contribution in [2.45, 2.75) is 26.3 Å². The molecule has 0 radical (unpaired) electrons. The van der Waals surface area contributed by atoms with Gasteiger partial charge in [0.05, 0.1) is 12.8 Å².